The van der Waals surface area contributed by atoms with Crippen LogP contribution in [-0.2, 0) is 14.3 Å². The molecule has 0 amide bonds. The van der Waals surface area contributed by atoms with Gasteiger partial charge in [0.25, 0.3) is 0 Å². The van der Waals surface area contributed by atoms with Crippen LogP contribution < -0.4 is 0 Å². The summed E-state index contributed by atoms with van der Waals surface area (Å²) >= 11 is 0. The first-order valence-corrected chi connectivity index (χ1v) is 6.34. The molecule has 1 saturated heterocycles. The summed E-state index contributed by atoms with van der Waals surface area (Å²) in [4.78, 5) is 11.9. The lowest BCUT2D eigenvalue weighted by molar-refractivity contribution is -0.153. The zero-order valence-electron chi connectivity index (χ0n) is 11.2. The molecule has 0 radical (unpaired) electrons. The molecule has 0 aliphatic carbocycles. The largest absolute Gasteiger partial charge is 0.392 e. The molecule has 2 atom stereocenters. The van der Waals surface area contributed by atoms with Crippen LogP contribution in [0.2, 0.25) is 0 Å². The van der Waals surface area contributed by atoms with Gasteiger partial charge in [-0.2, -0.15) is 0 Å². The first-order chi connectivity index (χ1) is 7.86. The average molecular weight is 244 g/mol. The Morgan fingerprint density at radius 1 is 1.29 bits per heavy atom. The predicted octanol–water partition coefficient (Wildman–Crippen LogP) is 1.75. The second kappa shape index (κ2) is 5.94. The highest BCUT2D eigenvalue weighted by Crippen LogP contribution is 2.25. The third-order valence-corrected chi connectivity index (χ3v) is 3.43. The van der Waals surface area contributed by atoms with E-state index in [9.17, 15) is 9.90 Å². The maximum atomic E-state index is 11.9. The van der Waals surface area contributed by atoms with Crippen molar-refractivity contribution in [1.82, 2.24) is 0 Å². The van der Waals surface area contributed by atoms with Gasteiger partial charge < -0.3 is 14.6 Å². The van der Waals surface area contributed by atoms with Gasteiger partial charge in [0.05, 0.1) is 19.3 Å². The van der Waals surface area contributed by atoms with Crippen molar-refractivity contribution >= 4 is 5.78 Å². The topological polar surface area (TPSA) is 55.8 Å². The molecule has 0 saturated carbocycles. The van der Waals surface area contributed by atoms with E-state index < -0.39 is 11.9 Å². The van der Waals surface area contributed by atoms with Crippen molar-refractivity contribution in [2.45, 2.75) is 52.4 Å². The summed E-state index contributed by atoms with van der Waals surface area (Å²) in [6.45, 7) is 8.66. The molecule has 100 valence electrons. The standard InChI is InChI=1S/C13H24O4/c1-9(2)12(15)10(3)11(14)5-6-13(4)16-7-8-17-13/h9-10,12,15H,5-8H2,1-4H3/t10-,12+/m1/s1. The SMILES string of the molecule is CC(C)[C@H](O)[C@H](C)C(=O)CCC1(C)OCCO1. The minimum Gasteiger partial charge on any atom is -0.392 e. The van der Waals surface area contributed by atoms with E-state index in [0.29, 0.717) is 26.1 Å². The summed E-state index contributed by atoms with van der Waals surface area (Å²) in [5, 5.41) is 9.84. The van der Waals surface area contributed by atoms with Gasteiger partial charge >= 0.3 is 0 Å². The predicted molar refractivity (Wildman–Crippen MR) is 64.6 cm³/mol. The molecule has 1 rings (SSSR count). The highest BCUT2D eigenvalue weighted by Gasteiger charge is 2.33. The number of ketones is 1. The van der Waals surface area contributed by atoms with Crippen LogP contribution in [0.3, 0.4) is 0 Å². The van der Waals surface area contributed by atoms with Crippen LogP contribution >= 0.6 is 0 Å². The molecule has 1 aliphatic rings. The van der Waals surface area contributed by atoms with Crippen molar-refractivity contribution in [3.8, 4) is 0 Å². The molecule has 1 fully saturated rings. The second-order valence-corrected chi connectivity index (χ2v) is 5.32. The number of hydrogen-bond acceptors (Lipinski definition) is 4. The fraction of sp³-hybridized carbons (Fsp3) is 0.923. The fourth-order valence-corrected chi connectivity index (χ4v) is 2.05. The Morgan fingerprint density at radius 2 is 1.82 bits per heavy atom. The molecule has 0 aromatic carbocycles. The van der Waals surface area contributed by atoms with E-state index in [4.69, 9.17) is 9.47 Å². The summed E-state index contributed by atoms with van der Waals surface area (Å²) in [7, 11) is 0. The quantitative estimate of drug-likeness (QED) is 0.773. The van der Waals surface area contributed by atoms with E-state index in [1.807, 2.05) is 20.8 Å². The number of carbonyl (C=O) groups excluding carboxylic acids is 1. The van der Waals surface area contributed by atoms with Crippen molar-refractivity contribution in [2.75, 3.05) is 13.2 Å². The van der Waals surface area contributed by atoms with Crippen LogP contribution in [0.5, 0.6) is 0 Å². The van der Waals surface area contributed by atoms with Crippen molar-refractivity contribution < 1.29 is 19.4 Å². The van der Waals surface area contributed by atoms with Crippen LogP contribution in [-0.4, -0.2) is 36.0 Å². The van der Waals surface area contributed by atoms with Gasteiger partial charge in [-0.1, -0.05) is 20.8 Å². The van der Waals surface area contributed by atoms with Crippen molar-refractivity contribution in [3.63, 3.8) is 0 Å². The molecule has 4 nitrogen and oxygen atoms in total. The smallest absolute Gasteiger partial charge is 0.166 e. The van der Waals surface area contributed by atoms with Gasteiger partial charge in [0.2, 0.25) is 0 Å². The lowest BCUT2D eigenvalue weighted by atomic mass is 9.89. The Bertz CT molecular complexity index is 256. The minimum atomic E-state index is -0.613. The van der Waals surface area contributed by atoms with Gasteiger partial charge in [0.15, 0.2) is 5.79 Å². The Balaban J connectivity index is 2.38. The molecule has 0 aromatic heterocycles. The third kappa shape index (κ3) is 4.05. The van der Waals surface area contributed by atoms with Gasteiger partial charge in [0, 0.05) is 18.8 Å². The molecule has 0 bridgehead atoms. The van der Waals surface area contributed by atoms with E-state index in [0.717, 1.165) is 0 Å². The van der Waals surface area contributed by atoms with Crippen LogP contribution in [0.15, 0.2) is 0 Å². The van der Waals surface area contributed by atoms with Crippen LogP contribution in [0.25, 0.3) is 0 Å². The maximum absolute atomic E-state index is 11.9. The number of carbonyl (C=O) groups is 1. The summed E-state index contributed by atoms with van der Waals surface area (Å²) in [5.41, 5.74) is 0. The highest BCUT2D eigenvalue weighted by atomic mass is 16.7. The molecule has 4 heteroatoms. The Morgan fingerprint density at radius 3 is 2.29 bits per heavy atom. The third-order valence-electron chi connectivity index (χ3n) is 3.43. The van der Waals surface area contributed by atoms with Crippen molar-refractivity contribution in [2.24, 2.45) is 11.8 Å². The molecule has 0 spiro atoms. The second-order valence-electron chi connectivity index (χ2n) is 5.32. The fourth-order valence-electron chi connectivity index (χ4n) is 2.05. The lowest BCUT2D eigenvalue weighted by Gasteiger charge is -2.24. The van der Waals surface area contributed by atoms with Crippen LogP contribution in [0.4, 0.5) is 0 Å². The van der Waals surface area contributed by atoms with E-state index >= 15 is 0 Å². The van der Waals surface area contributed by atoms with E-state index in [1.54, 1.807) is 6.92 Å². The number of aliphatic hydroxyl groups is 1. The highest BCUT2D eigenvalue weighted by molar-refractivity contribution is 5.81. The minimum absolute atomic E-state index is 0.0755. The first-order valence-electron chi connectivity index (χ1n) is 6.34. The van der Waals surface area contributed by atoms with Crippen LogP contribution in [0.1, 0.15) is 40.5 Å². The molecule has 0 aromatic rings. The summed E-state index contributed by atoms with van der Waals surface area (Å²) in [5.74, 6) is -0.756. The maximum Gasteiger partial charge on any atom is 0.166 e. The number of aliphatic hydroxyl groups excluding tert-OH is 1. The van der Waals surface area contributed by atoms with Crippen LogP contribution in [0, 0.1) is 11.8 Å². The van der Waals surface area contributed by atoms with E-state index in [2.05, 4.69) is 0 Å². The number of Topliss-reactive ketones (excluding diaryl/α,β-unsaturated/α-hetero) is 1. The molecule has 1 heterocycles. The summed E-state index contributed by atoms with van der Waals surface area (Å²) in [6, 6.07) is 0. The molecule has 1 aliphatic heterocycles. The van der Waals surface area contributed by atoms with Gasteiger partial charge in [-0.25, -0.2) is 0 Å². The van der Waals surface area contributed by atoms with Crippen molar-refractivity contribution in [3.05, 3.63) is 0 Å². The molecular weight excluding hydrogens is 220 g/mol. The first kappa shape index (κ1) is 14.6. The normalized spacial score (nSPS) is 22.7. The Labute approximate surface area is 103 Å². The van der Waals surface area contributed by atoms with Crippen molar-refractivity contribution in [1.29, 1.82) is 0 Å². The monoisotopic (exact) mass is 244 g/mol. The summed E-state index contributed by atoms with van der Waals surface area (Å²) in [6.07, 6.45) is 0.378. The molecule has 1 N–H and O–H groups in total. The number of rotatable bonds is 6. The summed E-state index contributed by atoms with van der Waals surface area (Å²) < 4.78 is 10.9. The van der Waals surface area contributed by atoms with Gasteiger partial charge in [-0.15, -0.1) is 0 Å². The molecule has 0 unspecified atom stereocenters. The zero-order chi connectivity index (χ0) is 13.1. The van der Waals surface area contributed by atoms with E-state index in [-0.39, 0.29) is 17.6 Å². The van der Waals surface area contributed by atoms with Gasteiger partial charge in [-0.05, 0) is 12.8 Å². The number of ether oxygens (including phenoxy) is 2. The van der Waals surface area contributed by atoms with E-state index in [1.165, 1.54) is 0 Å². The molecule has 17 heavy (non-hydrogen) atoms. The Hall–Kier alpha value is -0.450. The molecular formula is C13H24O4. The Kier molecular flexibility index (Phi) is 5.10. The van der Waals surface area contributed by atoms with Gasteiger partial charge in [0.1, 0.15) is 5.78 Å². The zero-order valence-corrected chi connectivity index (χ0v) is 11.2. The van der Waals surface area contributed by atoms with Gasteiger partial charge in [-0.3, -0.25) is 4.79 Å². The lowest BCUT2D eigenvalue weighted by Crippen LogP contribution is -2.32. The average Bonchev–Trinajstić information content (AvgIpc) is 2.71. The number of hydrogen-bond donors (Lipinski definition) is 1.